The summed E-state index contributed by atoms with van der Waals surface area (Å²) >= 11 is 0. The molecule has 0 spiro atoms. The minimum atomic E-state index is -0.504. The number of carbonyl (C=O) groups excluding carboxylic acids is 2. The Morgan fingerprint density at radius 3 is 2.62 bits per heavy atom. The summed E-state index contributed by atoms with van der Waals surface area (Å²) in [5, 5.41) is 0. The van der Waals surface area contributed by atoms with Gasteiger partial charge in [-0.15, -0.1) is 0 Å². The van der Waals surface area contributed by atoms with E-state index in [0.717, 1.165) is 25.9 Å². The van der Waals surface area contributed by atoms with E-state index in [4.69, 9.17) is 4.74 Å². The molecule has 2 rings (SSSR count). The van der Waals surface area contributed by atoms with Crippen molar-refractivity contribution in [1.29, 1.82) is 0 Å². The van der Waals surface area contributed by atoms with Crippen molar-refractivity contribution in [3.05, 3.63) is 11.3 Å². The van der Waals surface area contributed by atoms with Gasteiger partial charge in [-0.1, -0.05) is 0 Å². The molecule has 0 aromatic heterocycles. The summed E-state index contributed by atoms with van der Waals surface area (Å²) in [5.74, 6) is -0.880. The lowest BCUT2D eigenvalue weighted by atomic mass is 10.1. The molecule has 2 heterocycles. The van der Waals surface area contributed by atoms with Gasteiger partial charge in [-0.05, 0) is 19.8 Å². The fourth-order valence-corrected chi connectivity index (χ4v) is 2.19. The third-order valence-electron chi connectivity index (χ3n) is 2.97. The average molecular weight is 225 g/mol. The minimum absolute atomic E-state index is 0.356. The Morgan fingerprint density at radius 2 is 2.06 bits per heavy atom. The van der Waals surface area contributed by atoms with Crippen LogP contribution in [-0.2, 0) is 19.1 Å². The van der Waals surface area contributed by atoms with Gasteiger partial charge < -0.3 is 14.4 Å². The van der Waals surface area contributed by atoms with Gasteiger partial charge in [0.25, 0.3) is 0 Å². The number of cyclic esters (lactones) is 1. The maximum absolute atomic E-state index is 11.7. The van der Waals surface area contributed by atoms with Crippen molar-refractivity contribution in [2.75, 3.05) is 20.2 Å². The van der Waals surface area contributed by atoms with E-state index in [1.165, 1.54) is 7.11 Å². The van der Waals surface area contributed by atoms with Crippen LogP contribution in [0.15, 0.2) is 11.3 Å². The van der Waals surface area contributed by atoms with Gasteiger partial charge in [0.05, 0.1) is 7.11 Å². The smallest absolute Gasteiger partial charge is 0.355 e. The normalized spacial score (nSPS) is 25.0. The van der Waals surface area contributed by atoms with Crippen molar-refractivity contribution in [2.45, 2.75) is 25.9 Å². The average Bonchev–Trinajstić information content (AvgIpc) is 2.84. The second kappa shape index (κ2) is 4.15. The van der Waals surface area contributed by atoms with Crippen LogP contribution in [0.3, 0.4) is 0 Å². The van der Waals surface area contributed by atoms with Crippen LogP contribution in [-0.4, -0.2) is 43.1 Å². The predicted molar refractivity (Wildman–Crippen MR) is 55.4 cm³/mol. The molecular weight excluding hydrogens is 210 g/mol. The van der Waals surface area contributed by atoms with Crippen LogP contribution in [0.2, 0.25) is 0 Å². The van der Waals surface area contributed by atoms with Crippen LogP contribution in [0, 0.1) is 0 Å². The van der Waals surface area contributed by atoms with Gasteiger partial charge in [-0.25, -0.2) is 9.59 Å². The van der Waals surface area contributed by atoms with Crippen molar-refractivity contribution in [3.8, 4) is 0 Å². The number of hydrogen-bond donors (Lipinski definition) is 0. The first-order valence-electron chi connectivity index (χ1n) is 5.43. The highest BCUT2D eigenvalue weighted by molar-refractivity contribution is 6.03. The lowest BCUT2D eigenvalue weighted by Crippen LogP contribution is -2.25. The molecule has 5 nitrogen and oxygen atoms in total. The molecule has 2 aliphatic heterocycles. The number of ether oxygens (including phenoxy) is 2. The van der Waals surface area contributed by atoms with Crippen LogP contribution < -0.4 is 0 Å². The molecule has 5 heteroatoms. The molecule has 2 aliphatic rings. The van der Waals surface area contributed by atoms with Gasteiger partial charge in [0.2, 0.25) is 0 Å². The molecule has 1 atom stereocenters. The lowest BCUT2D eigenvalue weighted by molar-refractivity contribution is -0.141. The third-order valence-corrected chi connectivity index (χ3v) is 2.97. The van der Waals surface area contributed by atoms with Crippen LogP contribution >= 0.6 is 0 Å². The van der Waals surface area contributed by atoms with Crippen molar-refractivity contribution < 1.29 is 19.1 Å². The topological polar surface area (TPSA) is 55.8 Å². The summed E-state index contributed by atoms with van der Waals surface area (Å²) in [6, 6.07) is 0. The van der Waals surface area contributed by atoms with Crippen molar-refractivity contribution in [2.24, 2.45) is 0 Å². The summed E-state index contributed by atoms with van der Waals surface area (Å²) in [4.78, 5) is 25.2. The van der Waals surface area contributed by atoms with Crippen LogP contribution in [0.4, 0.5) is 0 Å². The number of rotatable bonds is 2. The SMILES string of the molecule is COC(=O)C1=C(N2CCCC2)C(=O)OC1C. The van der Waals surface area contributed by atoms with Crippen molar-refractivity contribution in [3.63, 3.8) is 0 Å². The Balaban J connectivity index is 2.36. The number of likely N-dealkylation sites (tertiary alicyclic amines) is 1. The molecule has 16 heavy (non-hydrogen) atoms. The molecule has 1 saturated heterocycles. The quantitative estimate of drug-likeness (QED) is 0.639. The van der Waals surface area contributed by atoms with Gasteiger partial charge in [0.15, 0.2) is 0 Å². The monoisotopic (exact) mass is 225 g/mol. The number of hydrogen-bond acceptors (Lipinski definition) is 5. The minimum Gasteiger partial charge on any atom is -0.465 e. The molecule has 0 radical (unpaired) electrons. The van der Waals surface area contributed by atoms with E-state index in [-0.39, 0.29) is 0 Å². The molecule has 0 saturated carbocycles. The van der Waals surface area contributed by atoms with Gasteiger partial charge in [0.1, 0.15) is 17.4 Å². The molecule has 0 aliphatic carbocycles. The predicted octanol–water partition coefficient (Wildman–Crippen LogP) is 0.455. The first-order valence-corrected chi connectivity index (χ1v) is 5.43. The second-order valence-corrected chi connectivity index (χ2v) is 4.00. The second-order valence-electron chi connectivity index (χ2n) is 4.00. The Hall–Kier alpha value is -1.52. The number of methoxy groups -OCH3 is 1. The van der Waals surface area contributed by atoms with E-state index in [0.29, 0.717) is 11.3 Å². The van der Waals surface area contributed by atoms with E-state index in [9.17, 15) is 9.59 Å². The lowest BCUT2D eigenvalue weighted by Gasteiger charge is -2.17. The number of nitrogens with zero attached hydrogens (tertiary/aromatic N) is 1. The summed E-state index contributed by atoms with van der Waals surface area (Å²) < 4.78 is 9.75. The van der Waals surface area contributed by atoms with E-state index < -0.39 is 18.0 Å². The van der Waals surface area contributed by atoms with E-state index in [1.807, 2.05) is 4.90 Å². The number of carbonyl (C=O) groups is 2. The highest BCUT2D eigenvalue weighted by Gasteiger charge is 2.39. The third kappa shape index (κ3) is 1.66. The zero-order valence-corrected chi connectivity index (χ0v) is 9.49. The highest BCUT2D eigenvalue weighted by Crippen LogP contribution is 2.28. The van der Waals surface area contributed by atoms with E-state index in [1.54, 1.807) is 6.92 Å². The molecule has 0 amide bonds. The summed E-state index contributed by atoms with van der Waals surface area (Å²) in [6.07, 6.45) is 1.58. The molecule has 0 bridgehead atoms. The highest BCUT2D eigenvalue weighted by atomic mass is 16.6. The maximum Gasteiger partial charge on any atom is 0.355 e. The zero-order valence-electron chi connectivity index (χ0n) is 9.49. The largest absolute Gasteiger partial charge is 0.465 e. The molecule has 0 aromatic carbocycles. The standard InChI is InChI=1S/C11H15NO4/c1-7-8(10(13)15-2)9(11(14)16-7)12-5-3-4-6-12/h7H,3-6H2,1-2H3. The van der Waals surface area contributed by atoms with Gasteiger partial charge in [-0.3, -0.25) is 0 Å². The summed E-state index contributed by atoms with van der Waals surface area (Å²) in [5.41, 5.74) is 0.756. The van der Waals surface area contributed by atoms with Crippen molar-refractivity contribution >= 4 is 11.9 Å². The molecule has 1 unspecified atom stereocenters. The fourth-order valence-electron chi connectivity index (χ4n) is 2.19. The molecule has 0 aromatic rings. The molecule has 88 valence electrons. The number of esters is 2. The van der Waals surface area contributed by atoms with Crippen LogP contribution in [0.5, 0.6) is 0 Å². The molecular formula is C11H15NO4. The maximum atomic E-state index is 11.7. The van der Waals surface area contributed by atoms with E-state index in [2.05, 4.69) is 4.74 Å². The Morgan fingerprint density at radius 1 is 1.44 bits per heavy atom. The van der Waals surface area contributed by atoms with E-state index >= 15 is 0 Å². The summed E-state index contributed by atoms with van der Waals surface area (Å²) in [6.45, 7) is 3.29. The van der Waals surface area contributed by atoms with Crippen molar-refractivity contribution in [1.82, 2.24) is 4.90 Å². The van der Waals surface area contributed by atoms with Gasteiger partial charge in [0, 0.05) is 13.1 Å². The first kappa shape index (κ1) is 11.0. The van der Waals surface area contributed by atoms with Gasteiger partial charge in [-0.2, -0.15) is 0 Å². The molecule has 1 fully saturated rings. The first-order chi connectivity index (χ1) is 7.65. The van der Waals surface area contributed by atoms with Gasteiger partial charge >= 0.3 is 11.9 Å². The Kier molecular flexibility index (Phi) is 2.85. The summed E-state index contributed by atoms with van der Waals surface area (Å²) in [7, 11) is 1.31. The van der Waals surface area contributed by atoms with Crippen LogP contribution in [0.1, 0.15) is 19.8 Å². The Labute approximate surface area is 94.0 Å². The van der Waals surface area contributed by atoms with Crippen LogP contribution in [0.25, 0.3) is 0 Å². The Bertz CT molecular complexity index is 355. The molecule has 0 N–H and O–H groups in total. The zero-order chi connectivity index (χ0) is 11.7. The fraction of sp³-hybridized carbons (Fsp3) is 0.636.